The fourth-order valence-electron chi connectivity index (χ4n) is 1.47. The van der Waals surface area contributed by atoms with E-state index >= 15 is 0 Å². The summed E-state index contributed by atoms with van der Waals surface area (Å²) in [4.78, 5) is 0. The summed E-state index contributed by atoms with van der Waals surface area (Å²) >= 11 is 3.26. The molecule has 1 atom stereocenters. The highest BCUT2D eigenvalue weighted by Gasteiger charge is 2.15. The molecule has 0 heterocycles. The first-order chi connectivity index (χ1) is 7.29. The summed E-state index contributed by atoms with van der Waals surface area (Å²) in [6.45, 7) is 9.14. The molecule has 1 rings (SSSR count). The average Bonchev–Trinajstić information content (AvgIpc) is 2.13. The molecule has 1 nitrogen and oxygen atoms in total. The SMILES string of the molecule is CC(CNC(C)(C)C)c1ccc(Br)cc1F. The van der Waals surface area contributed by atoms with E-state index in [9.17, 15) is 4.39 Å². The lowest BCUT2D eigenvalue weighted by Crippen LogP contribution is -2.38. The van der Waals surface area contributed by atoms with Gasteiger partial charge in [0.1, 0.15) is 5.82 Å². The molecule has 16 heavy (non-hydrogen) atoms. The molecule has 0 saturated carbocycles. The van der Waals surface area contributed by atoms with Gasteiger partial charge in [-0.25, -0.2) is 4.39 Å². The second-order valence-electron chi connectivity index (χ2n) is 5.20. The maximum atomic E-state index is 13.7. The van der Waals surface area contributed by atoms with Gasteiger partial charge < -0.3 is 5.32 Å². The Morgan fingerprint density at radius 1 is 1.38 bits per heavy atom. The lowest BCUT2D eigenvalue weighted by Gasteiger charge is -2.23. The molecule has 0 saturated heterocycles. The van der Waals surface area contributed by atoms with Crippen molar-refractivity contribution >= 4 is 15.9 Å². The van der Waals surface area contributed by atoms with E-state index in [0.29, 0.717) is 0 Å². The largest absolute Gasteiger partial charge is 0.311 e. The second kappa shape index (κ2) is 5.28. The van der Waals surface area contributed by atoms with Gasteiger partial charge in [0.05, 0.1) is 0 Å². The van der Waals surface area contributed by atoms with Crippen LogP contribution in [-0.2, 0) is 0 Å². The Labute approximate surface area is 106 Å². The van der Waals surface area contributed by atoms with Crippen LogP contribution in [0.25, 0.3) is 0 Å². The molecule has 0 radical (unpaired) electrons. The summed E-state index contributed by atoms with van der Waals surface area (Å²) in [5.41, 5.74) is 0.833. The van der Waals surface area contributed by atoms with Crippen molar-refractivity contribution in [3.8, 4) is 0 Å². The van der Waals surface area contributed by atoms with Crippen LogP contribution >= 0.6 is 15.9 Å². The molecule has 0 aliphatic carbocycles. The number of nitrogens with one attached hydrogen (secondary N) is 1. The Morgan fingerprint density at radius 2 is 2.00 bits per heavy atom. The first-order valence-corrected chi connectivity index (χ1v) is 6.29. The molecule has 1 unspecified atom stereocenters. The van der Waals surface area contributed by atoms with Crippen molar-refractivity contribution in [2.45, 2.75) is 39.2 Å². The van der Waals surface area contributed by atoms with Crippen LogP contribution in [0.3, 0.4) is 0 Å². The van der Waals surface area contributed by atoms with E-state index in [2.05, 4.69) is 42.0 Å². The Hall–Kier alpha value is -0.410. The minimum atomic E-state index is -0.141. The van der Waals surface area contributed by atoms with Gasteiger partial charge >= 0.3 is 0 Å². The van der Waals surface area contributed by atoms with Crippen molar-refractivity contribution < 1.29 is 4.39 Å². The first-order valence-electron chi connectivity index (χ1n) is 5.49. The lowest BCUT2D eigenvalue weighted by molar-refractivity contribution is 0.409. The smallest absolute Gasteiger partial charge is 0.127 e. The average molecular weight is 288 g/mol. The highest BCUT2D eigenvalue weighted by Crippen LogP contribution is 2.22. The predicted molar refractivity (Wildman–Crippen MR) is 70.3 cm³/mol. The Kier molecular flexibility index (Phi) is 4.51. The highest BCUT2D eigenvalue weighted by molar-refractivity contribution is 9.10. The van der Waals surface area contributed by atoms with Gasteiger partial charge in [0, 0.05) is 16.6 Å². The van der Waals surface area contributed by atoms with Crippen LogP contribution < -0.4 is 5.32 Å². The maximum absolute atomic E-state index is 13.7. The number of rotatable bonds is 3. The molecule has 1 aromatic carbocycles. The van der Waals surface area contributed by atoms with Crippen LogP contribution in [0.4, 0.5) is 4.39 Å². The van der Waals surface area contributed by atoms with Gasteiger partial charge in [0.15, 0.2) is 0 Å². The van der Waals surface area contributed by atoms with E-state index in [-0.39, 0.29) is 17.3 Å². The summed E-state index contributed by atoms with van der Waals surface area (Å²) < 4.78 is 14.4. The van der Waals surface area contributed by atoms with Crippen molar-refractivity contribution in [1.29, 1.82) is 0 Å². The van der Waals surface area contributed by atoms with Crippen LogP contribution in [0.2, 0.25) is 0 Å². The third-order valence-corrected chi connectivity index (χ3v) is 2.93. The van der Waals surface area contributed by atoms with E-state index in [4.69, 9.17) is 0 Å². The van der Waals surface area contributed by atoms with E-state index < -0.39 is 0 Å². The normalized spacial score (nSPS) is 13.9. The zero-order chi connectivity index (χ0) is 12.3. The van der Waals surface area contributed by atoms with Gasteiger partial charge in [-0.05, 0) is 44.4 Å². The molecular formula is C13H19BrFN. The predicted octanol–water partition coefficient (Wildman–Crippen LogP) is 4.08. The van der Waals surface area contributed by atoms with Crippen molar-refractivity contribution in [3.05, 3.63) is 34.1 Å². The molecule has 0 aliphatic heterocycles. The van der Waals surface area contributed by atoms with Gasteiger partial charge in [-0.15, -0.1) is 0 Å². The third-order valence-electron chi connectivity index (χ3n) is 2.43. The van der Waals surface area contributed by atoms with Gasteiger partial charge in [0.25, 0.3) is 0 Å². The van der Waals surface area contributed by atoms with Crippen LogP contribution in [0.1, 0.15) is 39.2 Å². The summed E-state index contributed by atoms with van der Waals surface area (Å²) in [6, 6.07) is 5.24. The fourth-order valence-corrected chi connectivity index (χ4v) is 1.80. The Balaban J connectivity index is 2.70. The lowest BCUT2D eigenvalue weighted by atomic mass is 9.99. The number of hydrogen-bond acceptors (Lipinski definition) is 1. The zero-order valence-electron chi connectivity index (χ0n) is 10.3. The monoisotopic (exact) mass is 287 g/mol. The van der Waals surface area contributed by atoms with Gasteiger partial charge in [-0.2, -0.15) is 0 Å². The highest BCUT2D eigenvalue weighted by atomic mass is 79.9. The molecule has 1 aromatic rings. The standard InChI is InChI=1S/C13H19BrFN/c1-9(8-16-13(2,3)4)11-6-5-10(14)7-12(11)15/h5-7,9,16H,8H2,1-4H3. The van der Waals surface area contributed by atoms with Crippen molar-refractivity contribution in [2.75, 3.05) is 6.54 Å². The van der Waals surface area contributed by atoms with Crippen LogP contribution in [0.15, 0.2) is 22.7 Å². The van der Waals surface area contributed by atoms with E-state index in [1.807, 2.05) is 19.1 Å². The fraction of sp³-hybridized carbons (Fsp3) is 0.538. The van der Waals surface area contributed by atoms with Crippen molar-refractivity contribution in [1.82, 2.24) is 5.32 Å². The molecular weight excluding hydrogens is 269 g/mol. The first kappa shape index (κ1) is 13.7. The molecule has 0 fully saturated rings. The Bertz CT molecular complexity index is 357. The topological polar surface area (TPSA) is 12.0 Å². The third kappa shape index (κ3) is 4.22. The molecule has 0 bridgehead atoms. The minimum Gasteiger partial charge on any atom is -0.311 e. The number of hydrogen-bond donors (Lipinski definition) is 1. The van der Waals surface area contributed by atoms with Crippen LogP contribution in [0.5, 0.6) is 0 Å². The van der Waals surface area contributed by atoms with Crippen LogP contribution in [0, 0.1) is 5.82 Å². The Morgan fingerprint density at radius 3 is 2.50 bits per heavy atom. The molecule has 3 heteroatoms. The maximum Gasteiger partial charge on any atom is 0.127 e. The summed E-state index contributed by atoms with van der Waals surface area (Å²) in [5, 5.41) is 3.38. The van der Waals surface area contributed by atoms with Gasteiger partial charge in [-0.3, -0.25) is 0 Å². The molecule has 0 aromatic heterocycles. The molecule has 0 amide bonds. The summed E-state index contributed by atoms with van der Waals surface area (Å²) in [7, 11) is 0. The van der Waals surface area contributed by atoms with Gasteiger partial charge in [0.2, 0.25) is 0 Å². The second-order valence-corrected chi connectivity index (χ2v) is 6.11. The molecule has 1 N–H and O–H groups in total. The summed E-state index contributed by atoms with van der Waals surface area (Å²) in [6.07, 6.45) is 0. The van der Waals surface area contributed by atoms with Crippen LogP contribution in [-0.4, -0.2) is 12.1 Å². The van der Waals surface area contributed by atoms with E-state index in [1.54, 1.807) is 0 Å². The number of benzene rings is 1. The molecule has 0 spiro atoms. The molecule has 90 valence electrons. The van der Waals surface area contributed by atoms with E-state index in [1.165, 1.54) is 6.07 Å². The van der Waals surface area contributed by atoms with Gasteiger partial charge in [-0.1, -0.05) is 28.9 Å². The number of halogens is 2. The zero-order valence-corrected chi connectivity index (χ0v) is 11.9. The van der Waals surface area contributed by atoms with E-state index in [0.717, 1.165) is 16.6 Å². The minimum absolute atomic E-state index is 0.0695. The molecule has 0 aliphatic rings. The van der Waals surface area contributed by atoms with Crippen molar-refractivity contribution in [2.24, 2.45) is 0 Å². The summed E-state index contributed by atoms with van der Waals surface area (Å²) in [5.74, 6) is 0.0323. The quantitative estimate of drug-likeness (QED) is 0.883. The van der Waals surface area contributed by atoms with Crippen molar-refractivity contribution in [3.63, 3.8) is 0 Å².